The molecule has 0 spiro atoms. The van der Waals surface area contributed by atoms with Crippen LogP contribution in [-0.4, -0.2) is 91.8 Å². The van der Waals surface area contributed by atoms with Crippen molar-refractivity contribution < 1.29 is 59.2 Å². The van der Waals surface area contributed by atoms with Crippen LogP contribution in [0.4, 0.5) is 0 Å². The molecule has 0 unspecified atom stereocenters. The first kappa shape index (κ1) is 27.0. The summed E-state index contributed by atoms with van der Waals surface area (Å²) in [5.41, 5.74) is -0.613. The standard InChI is InChI=1S/C25H30O12/c1-25(33)8-14-15(9-25)23(34-11-16(14)22(31)32)37-24-21(20(30)19(29)17(10-26)35-24)36-18(28)7-4-12-2-5-13(27)6-3-12/h2-7,11,14-15,17,19-21,23-24,26-27,29-30,33H,8-10H2,1H3,(H,31,32)/b7-4+/t14-,15+,17+,19+,20-,21+,23-,24-,25-/m0/s1. The zero-order valence-corrected chi connectivity index (χ0v) is 19.9. The first-order valence-electron chi connectivity index (χ1n) is 11.8. The second-order valence-electron chi connectivity index (χ2n) is 9.73. The predicted octanol–water partition coefficient (Wildman–Crippen LogP) is -0.125. The van der Waals surface area contributed by atoms with E-state index in [-0.39, 0.29) is 24.2 Å². The number of carbonyl (C=O) groups excluding carboxylic acids is 1. The molecule has 0 amide bonds. The summed E-state index contributed by atoms with van der Waals surface area (Å²) >= 11 is 0. The summed E-state index contributed by atoms with van der Waals surface area (Å²) in [6.07, 6.45) is -4.91. The molecule has 37 heavy (non-hydrogen) atoms. The van der Waals surface area contributed by atoms with Gasteiger partial charge in [0, 0.05) is 17.9 Å². The maximum absolute atomic E-state index is 12.5. The molecule has 9 atom stereocenters. The lowest BCUT2D eigenvalue weighted by molar-refractivity contribution is -0.342. The van der Waals surface area contributed by atoms with E-state index in [0.29, 0.717) is 5.56 Å². The van der Waals surface area contributed by atoms with Crippen molar-refractivity contribution in [2.24, 2.45) is 11.8 Å². The van der Waals surface area contributed by atoms with Crippen molar-refractivity contribution in [1.82, 2.24) is 0 Å². The molecule has 4 rings (SSSR count). The summed E-state index contributed by atoms with van der Waals surface area (Å²) in [4.78, 5) is 24.2. The molecule has 2 heterocycles. The Morgan fingerprint density at radius 1 is 1.14 bits per heavy atom. The molecular weight excluding hydrogens is 492 g/mol. The van der Waals surface area contributed by atoms with Crippen LogP contribution >= 0.6 is 0 Å². The fourth-order valence-corrected chi connectivity index (χ4v) is 5.00. The van der Waals surface area contributed by atoms with Gasteiger partial charge in [-0.15, -0.1) is 0 Å². The monoisotopic (exact) mass is 522 g/mol. The van der Waals surface area contributed by atoms with Gasteiger partial charge in [-0.2, -0.15) is 0 Å². The predicted molar refractivity (Wildman–Crippen MR) is 123 cm³/mol. The number of esters is 1. The Morgan fingerprint density at radius 2 is 1.84 bits per heavy atom. The van der Waals surface area contributed by atoms with Crippen LogP contribution in [0.15, 0.2) is 42.2 Å². The number of aromatic hydroxyl groups is 1. The first-order chi connectivity index (χ1) is 17.5. The molecule has 2 fully saturated rings. The van der Waals surface area contributed by atoms with E-state index in [1.807, 2.05) is 0 Å². The number of rotatable bonds is 7. The summed E-state index contributed by atoms with van der Waals surface area (Å²) in [6, 6.07) is 5.99. The van der Waals surface area contributed by atoms with E-state index in [0.717, 1.165) is 12.3 Å². The van der Waals surface area contributed by atoms with E-state index in [1.54, 1.807) is 19.1 Å². The molecule has 1 aromatic rings. The normalized spacial score (nSPS) is 37.5. The maximum atomic E-state index is 12.5. The zero-order valence-electron chi connectivity index (χ0n) is 19.9. The third kappa shape index (κ3) is 5.95. The molecule has 0 bridgehead atoms. The minimum absolute atomic E-state index is 0.0155. The maximum Gasteiger partial charge on any atom is 0.334 e. The lowest BCUT2D eigenvalue weighted by Gasteiger charge is -2.43. The molecule has 6 N–H and O–H groups in total. The van der Waals surface area contributed by atoms with Crippen LogP contribution in [0.25, 0.3) is 6.08 Å². The van der Waals surface area contributed by atoms with Crippen LogP contribution in [-0.2, 0) is 28.5 Å². The first-order valence-corrected chi connectivity index (χ1v) is 11.8. The highest BCUT2D eigenvalue weighted by Gasteiger charge is 2.54. The Kier molecular flexibility index (Phi) is 7.88. The van der Waals surface area contributed by atoms with Crippen LogP contribution in [0.1, 0.15) is 25.3 Å². The molecule has 202 valence electrons. The number of aliphatic hydroxyl groups is 4. The van der Waals surface area contributed by atoms with Crippen LogP contribution in [0, 0.1) is 11.8 Å². The van der Waals surface area contributed by atoms with Gasteiger partial charge in [0.05, 0.1) is 24.0 Å². The van der Waals surface area contributed by atoms with E-state index in [2.05, 4.69) is 0 Å². The minimum atomic E-state index is -1.70. The lowest BCUT2D eigenvalue weighted by atomic mass is 9.87. The molecule has 1 saturated carbocycles. The molecule has 3 aliphatic rings. The van der Waals surface area contributed by atoms with Crippen molar-refractivity contribution in [1.29, 1.82) is 0 Å². The number of phenolic OH excluding ortho intramolecular Hbond substituents is 1. The van der Waals surface area contributed by atoms with Crippen molar-refractivity contribution >= 4 is 18.0 Å². The Balaban J connectivity index is 1.53. The number of fused-ring (bicyclic) bond motifs is 1. The molecule has 0 radical (unpaired) electrons. The molecule has 1 aliphatic carbocycles. The number of carboxylic acid groups (broad SMARTS) is 1. The van der Waals surface area contributed by atoms with Gasteiger partial charge in [0.15, 0.2) is 6.10 Å². The van der Waals surface area contributed by atoms with E-state index >= 15 is 0 Å². The molecule has 12 nitrogen and oxygen atoms in total. The number of carboxylic acids is 1. The number of phenols is 1. The summed E-state index contributed by atoms with van der Waals surface area (Å²) in [5, 5.41) is 60.1. The number of carbonyl (C=O) groups is 2. The number of hydrogen-bond donors (Lipinski definition) is 6. The highest BCUT2D eigenvalue weighted by Crippen LogP contribution is 2.48. The highest BCUT2D eigenvalue weighted by molar-refractivity contribution is 5.87. The Hall–Kier alpha value is -3.00. The Bertz CT molecular complexity index is 1050. The number of aliphatic carboxylic acids is 1. The third-order valence-electron chi connectivity index (χ3n) is 6.83. The molecule has 12 heteroatoms. The molecular formula is C25H30O12. The van der Waals surface area contributed by atoms with Crippen molar-refractivity contribution in [3.63, 3.8) is 0 Å². The van der Waals surface area contributed by atoms with E-state index < -0.39 is 73.0 Å². The second kappa shape index (κ2) is 10.8. The van der Waals surface area contributed by atoms with Gasteiger partial charge in [0.1, 0.15) is 24.1 Å². The lowest BCUT2D eigenvalue weighted by Crippen LogP contribution is -2.61. The smallest absolute Gasteiger partial charge is 0.334 e. The largest absolute Gasteiger partial charge is 0.508 e. The molecule has 2 aliphatic heterocycles. The number of benzene rings is 1. The third-order valence-corrected chi connectivity index (χ3v) is 6.83. The van der Waals surface area contributed by atoms with Crippen molar-refractivity contribution in [3.05, 3.63) is 47.7 Å². The summed E-state index contributed by atoms with van der Waals surface area (Å²) in [6.45, 7) is 0.904. The van der Waals surface area contributed by atoms with E-state index in [4.69, 9.17) is 18.9 Å². The summed E-state index contributed by atoms with van der Waals surface area (Å²) in [5.74, 6) is -3.23. The Labute approximate surface area is 212 Å². The highest BCUT2D eigenvalue weighted by atomic mass is 16.8. The van der Waals surface area contributed by atoms with Crippen LogP contribution in [0.2, 0.25) is 0 Å². The number of hydrogen-bond acceptors (Lipinski definition) is 11. The fraction of sp³-hybridized carbons (Fsp3) is 0.520. The molecule has 1 aromatic carbocycles. The number of aliphatic hydroxyl groups excluding tert-OH is 3. The topological polar surface area (TPSA) is 192 Å². The quantitative estimate of drug-likeness (QED) is 0.206. The SMILES string of the molecule is C[C@@]1(O)C[C@H]2[C@H](O[C@@H]3O[C@H](CO)[C@@H](O)[C@H](O)[C@H]3OC(=O)/C=C/c3ccc(O)cc3)OC=C(C(=O)O)[C@H]2C1. The zero-order chi connectivity index (χ0) is 26.9. The van der Waals surface area contributed by atoms with Crippen molar-refractivity contribution in [3.8, 4) is 5.75 Å². The fourth-order valence-electron chi connectivity index (χ4n) is 5.00. The second-order valence-corrected chi connectivity index (χ2v) is 9.73. The van der Waals surface area contributed by atoms with Gasteiger partial charge in [0.25, 0.3) is 0 Å². The van der Waals surface area contributed by atoms with E-state index in [1.165, 1.54) is 18.2 Å². The van der Waals surface area contributed by atoms with Gasteiger partial charge in [-0.05, 0) is 43.5 Å². The summed E-state index contributed by atoms with van der Waals surface area (Å²) < 4.78 is 22.4. The van der Waals surface area contributed by atoms with Gasteiger partial charge in [0.2, 0.25) is 12.6 Å². The van der Waals surface area contributed by atoms with Crippen molar-refractivity contribution in [2.75, 3.05) is 6.61 Å². The molecule has 1 saturated heterocycles. The van der Waals surface area contributed by atoms with Gasteiger partial charge < -0.3 is 49.6 Å². The average Bonchev–Trinajstić information content (AvgIpc) is 3.18. The van der Waals surface area contributed by atoms with Gasteiger partial charge in [-0.1, -0.05) is 12.1 Å². The van der Waals surface area contributed by atoms with E-state index in [9.17, 15) is 40.2 Å². The van der Waals surface area contributed by atoms with Gasteiger partial charge in [-0.25, -0.2) is 9.59 Å². The average molecular weight is 523 g/mol. The number of ether oxygens (including phenoxy) is 4. The van der Waals surface area contributed by atoms with Crippen molar-refractivity contribution in [2.45, 2.75) is 62.4 Å². The molecule has 0 aromatic heterocycles. The summed E-state index contributed by atoms with van der Waals surface area (Å²) in [7, 11) is 0. The minimum Gasteiger partial charge on any atom is -0.508 e. The van der Waals surface area contributed by atoms with Crippen LogP contribution in [0.5, 0.6) is 5.75 Å². The van der Waals surface area contributed by atoms with Crippen LogP contribution in [0.3, 0.4) is 0 Å². The Morgan fingerprint density at radius 3 is 2.49 bits per heavy atom. The van der Waals surface area contributed by atoms with Gasteiger partial charge in [-0.3, -0.25) is 0 Å². The van der Waals surface area contributed by atoms with Gasteiger partial charge >= 0.3 is 11.9 Å². The van der Waals surface area contributed by atoms with Crippen LogP contribution < -0.4 is 0 Å².